The Morgan fingerprint density at radius 1 is 1.06 bits per heavy atom. The third-order valence-electron chi connectivity index (χ3n) is 5.77. The molecule has 0 atom stereocenters. The van der Waals surface area contributed by atoms with Crippen molar-refractivity contribution in [2.24, 2.45) is 0 Å². The van der Waals surface area contributed by atoms with E-state index in [-0.39, 0.29) is 5.91 Å². The predicted molar refractivity (Wildman–Crippen MR) is 140 cm³/mol. The van der Waals surface area contributed by atoms with Gasteiger partial charge >= 0.3 is 0 Å². The van der Waals surface area contributed by atoms with E-state index < -0.39 is 0 Å². The Labute approximate surface area is 203 Å². The average molecular weight is 471 g/mol. The molecular weight excluding hydrogens is 447 g/mol. The van der Waals surface area contributed by atoms with Crippen LogP contribution in [0.1, 0.15) is 23.3 Å². The SMILES string of the molecule is Bc1cnn2c(NCCCCNC(=O)c3cc4ccccc4[nH]3)cc(-c3ccccc3Cl)nc12. The number of nitrogens with zero attached hydrogens (tertiary/aromatic N) is 3. The number of H-pyrrole nitrogens is 1. The maximum Gasteiger partial charge on any atom is 0.267 e. The van der Waals surface area contributed by atoms with E-state index in [9.17, 15) is 4.79 Å². The second kappa shape index (κ2) is 9.61. The first-order valence-electron chi connectivity index (χ1n) is 11.3. The van der Waals surface area contributed by atoms with Crippen molar-refractivity contribution in [1.82, 2.24) is 24.9 Å². The number of rotatable bonds is 8. The van der Waals surface area contributed by atoms with Gasteiger partial charge in [-0.25, -0.2) is 4.98 Å². The number of aromatic amines is 1. The van der Waals surface area contributed by atoms with Crippen molar-refractivity contribution in [3.05, 3.63) is 77.6 Å². The Bertz CT molecular complexity index is 1440. The summed E-state index contributed by atoms with van der Waals surface area (Å²) in [6.45, 7) is 1.34. The molecule has 7 nitrogen and oxygen atoms in total. The van der Waals surface area contributed by atoms with Crippen LogP contribution in [0, 0.1) is 0 Å². The minimum atomic E-state index is -0.0867. The van der Waals surface area contributed by atoms with Crippen LogP contribution in [0.25, 0.3) is 27.8 Å². The molecule has 2 aromatic carbocycles. The number of amides is 1. The topological polar surface area (TPSA) is 87.1 Å². The molecule has 3 aromatic heterocycles. The van der Waals surface area contributed by atoms with Gasteiger partial charge in [0.2, 0.25) is 0 Å². The van der Waals surface area contributed by atoms with Crippen LogP contribution in [-0.2, 0) is 0 Å². The zero-order valence-corrected chi connectivity index (χ0v) is 19.6. The van der Waals surface area contributed by atoms with Crippen molar-refractivity contribution in [1.29, 1.82) is 0 Å². The van der Waals surface area contributed by atoms with Gasteiger partial charge in [0.25, 0.3) is 5.91 Å². The minimum Gasteiger partial charge on any atom is -0.370 e. The molecule has 3 N–H and O–H groups in total. The highest BCUT2D eigenvalue weighted by Gasteiger charge is 2.12. The van der Waals surface area contributed by atoms with Crippen LogP contribution >= 0.6 is 11.6 Å². The van der Waals surface area contributed by atoms with Crippen LogP contribution in [-0.4, -0.2) is 46.4 Å². The number of unbranched alkanes of at least 4 members (excludes halogenated alkanes) is 1. The second-order valence-corrected chi connectivity index (χ2v) is 8.64. The van der Waals surface area contributed by atoms with Gasteiger partial charge in [-0.05, 0) is 36.5 Å². The van der Waals surface area contributed by atoms with Gasteiger partial charge in [-0.1, -0.05) is 48.0 Å². The first kappa shape index (κ1) is 22.0. The van der Waals surface area contributed by atoms with Crippen molar-refractivity contribution >= 4 is 53.2 Å². The van der Waals surface area contributed by atoms with E-state index in [1.54, 1.807) is 0 Å². The first-order chi connectivity index (χ1) is 16.6. The number of hydrogen-bond acceptors (Lipinski definition) is 4. The number of para-hydroxylation sites is 1. The summed E-state index contributed by atoms with van der Waals surface area (Å²) in [4.78, 5) is 20.4. The molecule has 170 valence electrons. The lowest BCUT2D eigenvalue weighted by Crippen LogP contribution is -2.25. The van der Waals surface area contributed by atoms with Gasteiger partial charge in [-0.2, -0.15) is 9.61 Å². The number of benzene rings is 2. The fraction of sp³-hybridized carbons (Fsp3) is 0.160. The average Bonchev–Trinajstić information content (AvgIpc) is 3.45. The maximum absolute atomic E-state index is 12.4. The number of nitrogens with one attached hydrogen (secondary N) is 3. The summed E-state index contributed by atoms with van der Waals surface area (Å²) in [5, 5.41) is 12.6. The van der Waals surface area contributed by atoms with Gasteiger partial charge in [0.1, 0.15) is 19.4 Å². The molecule has 1 amide bonds. The quantitative estimate of drug-likeness (QED) is 0.240. The molecule has 9 heteroatoms. The first-order valence-corrected chi connectivity index (χ1v) is 11.7. The Hall–Kier alpha value is -3.78. The third kappa shape index (κ3) is 4.49. The molecule has 0 radical (unpaired) electrons. The fourth-order valence-electron chi connectivity index (χ4n) is 3.96. The molecule has 0 fully saturated rings. The highest BCUT2D eigenvalue weighted by Crippen LogP contribution is 2.28. The van der Waals surface area contributed by atoms with Crippen molar-refractivity contribution in [3.8, 4) is 11.3 Å². The Morgan fingerprint density at radius 3 is 2.71 bits per heavy atom. The molecule has 0 saturated carbocycles. The number of fused-ring (bicyclic) bond motifs is 2. The lowest BCUT2D eigenvalue weighted by atomic mass is 10.0. The summed E-state index contributed by atoms with van der Waals surface area (Å²) < 4.78 is 1.81. The standard InChI is InChI=1S/C25H24BClN6O/c26-18-15-30-33-23(14-21(32-24(18)33)17-8-2-3-9-19(17)27)28-11-5-6-12-29-25(34)22-13-16-7-1-4-10-20(16)31-22/h1-4,7-10,13-15,28,31H,5-6,11-12,26H2,(H,29,34). The molecule has 3 heterocycles. The molecular formula is C25H24BClN6O. The van der Waals surface area contributed by atoms with Crippen LogP contribution in [0.5, 0.6) is 0 Å². The van der Waals surface area contributed by atoms with Crippen LogP contribution in [0.4, 0.5) is 5.82 Å². The Morgan fingerprint density at radius 2 is 1.85 bits per heavy atom. The van der Waals surface area contributed by atoms with E-state index in [2.05, 4.69) is 20.7 Å². The molecule has 0 aliphatic rings. The molecule has 0 unspecified atom stereocenters. The van der Waals surface area contributed by atoms with E-state index in [1.165, 1.54) is 0 Å². The zero-order valence-electron chi connectivity index (χ0n) is 18.8. The summed E-state index contributed by atoms with van der Waals surface area (Å²) in [6, 6.07) is 19.4. The highest BCUT2D eigenvalue weighted by molar-refractivity contribution is 6.36. The predicted octanol–water partition coefficient (Wildman–Crippen LogP) is 3.41. The number of carbonyl (C=O) groups is 1. The second-order valence-electron chi connectivity index (χ2n) is 8.23. The molecule has 0 aliphatic heterocycles. The summed E-state index contributed by atoms with van der Waals surface area (Å²) in [5.74, 6) is 0.770. The summed E-state index contributed by atoms with van der Waals surface area (Å²) >= 11 is 6.41. The van der Waals surface area contributed by atoms with Crippen molar-refractivity contribution in [2.45, 2.75) is 12.8 Å². The molecule has 34 heavy (non-hydrogen) atoms. The summed E-state index contributed by atoms with van der Waals surface area (Å²) in [6.07, 6.45) is 3.55. The molecule has 0 bridgehead atoms. The fourth-order valence-corrected chi connectivity index (χ4v) is 4.20. The smallest absolute Gasteiger partial charge is 0.267 e. The van der Waals surface area contributed by atoms with Crippen molar-refractivity contribution < 1.29 is 4.79 Å². The number of anilines is 1. The molecule has 0 saturated heterocycles. The lowest BCUT2D eigenvalue weighted by molar-refractivity contribution is 0.0949. The minimum absolute atomic E-state index is 0.0867. The molecule has 5 rings (SSSR count). The number of halogens is 1. The number of aromatic nitrogens is 4. The van der Waals surface area contributed by atoms with Gasteiger partial charge < -0.3 is 15.6 Å². The summed E-state index contributed by atoms with van der Waals surface area (Å²) in [5.41, 5.74) is 5.03. The normalized spacial score (nSPS) is 11.2. The Kier molecular flexibility index (Phi) is 6.23. The van der Waals surface area contributed by atoms with Crippen molar-refractivity contribution in [2.75, 3.05) is 18.4 Å². The lowest BCUT2D eigenvalue weighted by Gasteiger charge is -2.12. The molecule has 0 aliphatic carbocycles. The van der Waals surface area contributed by atoms with Crippen LogP contribution < -0.4 is 16.1 Å². The van der Waals surface area contributed by atoms with Gasteiger partial charge in [0, 0.05) is 46.8 Å². The largest absolute Gasteiger partial charge is 0.370 e. The monoisotopic (exact) mass is 470 g/mol. The third-order valence-corrected chi connectivity index (χ3v) is 6.10. The van der Waals surface area contributed by atoms with Crippen molar-refractivity contribution in [3.63, 3.8) is 0 Å². The maximum atomic E-state index is 12.4. The number of hydrogen-bond donors (Lipinski definition) is 3. The van der Waals surface area contributed by atoms with Gasteiger partial charge in [0.05, 0.1) is 5.69 Å². The van der Waals surface area contributed by atoms with Crippen LogP contribution in [0.2, 0.25) is 5.02 Å². The van der Waals surface area contributed by atoms with Crippen LogP contribution in [0.15, 0.2) is 66.9 Å². The van der Waals surface area contributed by atoms with E-state index in [1.807, 2.05) is 79.2 Å². The van der Waals surface area contributed by atoms with Gasteiger partial charge in [-0.3, -0.25) is 4.79 Å². The number of carbonyl (C=O) groups excluding carboxylic acids is 1. The van der Waals surface area contributed by atoms with Gasteiger partial charge in [-0.15, -0.1) is 0 Å². The van der Waals surface area contributed by atoms with E-state index >= 15 is 0 Å². The zero-order chi connectivity index (χ0) is 23.5. The molecule has 5 aromatic rings. The summed E-state index contributed by atoms with van der Waals surface area (Å²) in [7, 11) is 1.99. The van der Waals surface area contributed by atoms with Crippen LogP contribution in [0.3, 0.4) is 0 Å². The highest BCUT2D eigenvalue weighted by atomic mass is 35.5. The van der Waals surface area contributed by atoms with E-state index in [0.717, 1.165) is 58.5 Å². The molecule has 0 spiro atoms. The Balaban J connectivity index is 1.19. The van der Waals surface area contributed by atoms with Gasteiger partial charge in [0.15, 0.2) is 5.65 Å². The van der Waals surface area contributed by atoms with E-state index in [4.69, 9.17) is 16.6 Å². The van der Waals surface area contributed by atoms with E-state index in [0.29, 0.717) is 17.3 Å².